The summed E-state index contributed by atoms with van der Waals surface area (Å²) in [5, 5.41) is 28.6. The third-order valence-corrected chi connectivity index (χ3v) is 8.96. The number of carbonyl (C=O) groups excluding carboxylic acids is 1. The molecule has 2 aromatic carbocycles. The second kappa shape index (κ2) is 11.5. The molecule has 0 bridgehead atoms. The maximum atomic E-state index is 14.2. The smallest absolute Gasteiger partial charge is 0.387 e. The highest BCUT2D eigenvalue weighted by Crippen LogP contribution is 2.51. The molecule has 0 aliphatic carbocycles. The van der Waals surface area contributed by atoms with Gasteiger partial charge in [0, 0.05) is 18.4 Å². The summed E-state index contributed by atoms with van der Waals surface area (Å²) >= 11 is 0. The summed E-state index contributed by atoms with van der Waals surface area (Å²) in [5.41, 5.74) is -8.99. The molecule has 15 heteroatoms. The number of nitrogens with zero attached hydrogens (tertiary/aromatic N) is 2. The lowest BCUT2D eigenvalue weighted by Crippen LogP contribution is -2.54. The summed E-state index contributed by atoms with van der Waals surface area (Å²) in [6.07, 6.45) is -15.8. The molecule has 7 nitrogen and oxygen atoms in total. The second-order valence-electron chi connectivity index (χ2n) is 10.6. The number of hydrogen-bond acceptors (Lipinski definition) is 6. The van der Waals surface area contributed by atoms with E-state index in [1.807, 2.05) is 0 Å². The summed E-state index contributed by atoms with van der Waals surface area (Å²) in [7, 11) is -4.60. The Bertz CT molecular complexity index is 1450. The average Bonchev–Trinajstić information content (AvgIpc) is 2.88. The first-order valence-corrected chi connectivity index (χ1v) is 14.0. The van der Waals surface area contributed by atoms with Crippen molar-refractivity contribution in [1.82, 2.24) is 0 Å². The van der Waals surface area contributed by atoms with Gasteiger partial charge in [-0.2, -0.15) is 31.6 Å². The molecule has 3 rings (SSSR count). The Morgan fingerprint density at radius 3 is 2.12 bits per heavy atom. The highest BCUT2D eigenvalue weighted by molar-refractivity contribution is 7.92. The highest BCUT2D eigenvalue weighted by Gasteiger charge is 2.71. The van der Waals surface area contributed by atoms with Gasteiger partial charge in [0.2, 0.25) is 0 Å². The topological polar surface area (TPSA) is 119 Å². The van der Waals surface area contributed by atoms with Crippen molar-refractivity contribution in [3.8, 4) is 6.07 Å². The minimum Gasteiger partial charge on any atom is -0.387 e. The molecule has 1 aliphatic heterocycles. The number of halogens is 7. The molecule has 1 unspecified atom stereocenters. The first-order valence-electron chi connectivity index (χ1n) is 12.6. The Labute approximate surface area is 237 Å². The van der Waals surface area contributed by atoms with Crippen molar-refractivity contribution in [2.75, 3.05) is 4.31 Å². The van der Waals surface area contributed by atoms with E-state index in [1.165, 1.54) is 26.0 Å². The van der Waals surface area contributed by atoms with Crippen molar-refractivity contribution in [2.45, 2.75) is 86.6 Å². The van der Waals surface area contributed by atoms with Gasteiger partial charge in [-0.1, -0.05) is 12.1 Å². The van der Waals surface area contributed by atoms with Crippen LogP contribution in [0.2, 0.25) is 0 Å². The normalized spacial score (nSPS) is 17.4. The standard InChI is InChI=1S/C27H27F7N2O5S/c1-24(2,38)23(28)12-8-20(37)14-19-7-5-17-13-18(25(39,26(29,30)31)27(32,33)34)6-11-22(17)36(19)42(40,41)21-9-3-16(15-35)4-10-21/h3-4,6,9-11,13,19,23,38-39H,5,7-8,12,14H2,1-2H3/t19?,23-/m1/s1. The third-order valence-electron chi connectivity index (χ3n) is 7.08. The lowest BCUT2D eigenvalue weighted by molar-refractivity contribution is -0.376. The number of ketones is 1. The minimum atomic E-state index is -6.16. The number of rotatable bonds is 9. The zero-order valence-electron chi connectivity index (χ0n) is 22.3. The molecule has 0 fully saturated rings. The van der Waals surface area contributed by atoms with Gasteiger partial charge >= 0.3 is 12.4 Å². The molecule has 0 spiro atoms. The predicted molar refractivity (Wildman–Crippen MR) is 135 cm³/mol. The monoisotopic (exact) mass is 624 g/mol. The number of carbonyl (C=O) groups is 1. The Kier molecular flexibility index (Phi) is 9.08. The summed E-state index contributed by atoms with van der Waals surface area (Å²) < 4.78 is 123. The van der Waals surface area contributed by atoms with Crippen molar-refractivity contribution in [3.63, 3.8) is 0 Å². The molecule has 1 heterocycles. The molecule has 42 heavy (non-hydrogen) atoms. The molecule has 1 aliphatic rings. The van der Waals surface area contributed by atoms with Crippen LogP contribution in [-0.4, -0.2) is 54.6 Å². The van der Waals surface area contributed by atoms with E-state index in [0.717, 1.165) is 16.4 Å². The Balaban J connectivity index is 2.09. The van der Waals surface area contributed by atoms with Gasteiger partial charge in [0.25, 0.3) is 15.6 Å². The lowest BCUT2D eigenvalue weighted by Gasteiger charge is -2.39. The number of alkyl halides is 7. The van der Waals surface area contributed by atoms with Crippen LogP contribution in [0.1, 0.15) is 56.2 Å². The molecule has 2 aromatic rings. The predicted octanol–water partition coefficient (Wildman–Crippen LogP) is 5.23. The van der Waals surface area contributed by atoms with E-state index in [4.69, 9.17) is 5.26 Å². The molecule has 0 amide bonds. The van der Waals surface area contributed by atoms with Gasteiger partial charge in [-0.3, -0.25) is 9.10 Å². The van der Waals surface area contributed by atoms with Gasteiger partial charge in [0.05, 0.1) is 33.9 Å². The zero-order valence-corrected chi connectivity index (χ0v) is 23.1. The minimum absolute atomic E-state index is 0.107. The molecule has 2 atom stereocenters. The van der Waals surface area contributed by atoms with Crippen LogP contribution >= 0.6 is 0 Å². The van der Waals surface area contributed by atoms with Crippen LogP contribution < -0.4 is 4.31 Å². The number of sulfonamides is 1. The van der Waals surface area contributed by atoms with Gasteiger partial charge in [0.1, 0.15) is 12.0 Å². The number of aliphatic hydroxyl groups is 2. The molecular weight excluding hydrogens is 597 g/mol. The van der Waals surface area contributed by atoms with E-state index in [1.54, 1.807) is 6.07 Å². The summed E-state index contributed by atoms with van der Waals surface area (Å²) in [4.78, 5) is 12.4. The quantitative estimate of drug-likeness (QED) is 0.369. The van der Waals surface area contributed by atoms with E-state index in [9.17, 15) is 54.2 Å². The summed E-state index contributed by atoms with van der Waals surface area (Å²) in [6.45, 7) is 2.41. The molecule has 0 aromatic heterocycles. The zero-order chi connectivity index (χ0) is 31.9. The molecule has 2 N–H and O–H groups in total. The Hall–Kier alpha value is -3.22. The summed E-state index contributed by atoms with van der Waals surface area (Å²) in [5.74, 6) is -0.587. The third kappa shape index (κ3) is 6.40. The number of anilines is 1. The first kappa shape index (κ1) is 33.3. The van der Waals surface area contributed by atoms with Crippen LogP contribution in [0.25, 0.3) is 0 Å². The lowest BCUT2D eigenvalue weighted by atomic mass is 9.87. The fraction of sp³-hybridized carbons (Fsp3) is 0.481. The van der Waals surface area contributed by atoms with E-state index in [2.05, 4.69) is 0 Å². The Morgan fingerprint density at radius 2 is 1.62 bits per heavy atom. The fourth-order valence-electron chi connectivity index (χ4n) is 4.68. The van der Waals surface area contributed by atoms with E-state index in [0.29, 0.717) is 18.2 Å². The number of fused-ring (bicyclic) bond motifs is 1. The number of aryl methyl sites for hydroxylation is 1. The highest BCUT2D eigenvalue weighted by atomic mass is 32.2. The van der Waals surface area contributed by atoms with Crippen LogP contribution in [0.15, 0.2) is 47.4 Å². The first-order chi connectivity index (χ1) is 19.1. The maximum absolute atomic E-state index is 14.2. The maximum Gasteiger partial charge on any atom is 0.430 e. The molecule has 0 saturated heterocycles. The van der Waals surface area contributed by atoms with Crippen molar-refractivity contribution < 1.29 is 54.2 Å². The van der Waals surface area contributed by atoms with Crippen LogP contribution in [0.5, 0.6) is 0 Å². The fourth-order valence-corrected chi connectivity index (χ4v) is 6.40. The van der Waals surface area contributed by atoms with Gasteiger partial charge in [-0.05, 0) is 69.0 Å². The largest absolute Gasteiger partial charge is 0.430 e. The van der Waals surface area contributed by atoms with E-state index in [-0.39, 0.29) is 47.4 Å². The van der Waals surface area contributed by atoms with Crippen LogP contribution in [0, 0.1) is 11.3 Å². The summed E-state index contributed by atoms with van der Waals surface area (Å²) in [6, 6.07) is 6.65. The van der Waals surface area contributed by atoms with Crippen molar-refractivity contribution >= 4 is 21.5 Å². The van der Waals surface area contributed by atoms with Crippen molar-refractivity contribution in [2.24, 2.45) is 0 Å². The molecular formula is C27H27F7N2O5S. The van der Waals surface area contributed by atoms with Crippen LogP contribution in [-0.2, 0) is 26.8 Å². The molecule has 230 valence electrons. The number of Topliss-reactive ketones (excluding diaryl/α,β-unsaturated/α-hetero) is 1. The van der Waals surface area contributed by atoms with Crippen LogP contribution in [0.3, 0.4) is 0 Å². The second-order valence-corrected chi connectivity index (χ2v) is 12.4. The van der Waals surface area contributed by atoms with Crippen molar-refractivity contribution in [1.29, 1.82) is 5.26 Å². The molecule has 0 radical (unpaired) electrons. The van der Waals surface area contributed by atoms with Gasteiger partial charge in [-0.25, -0.2) is 12.8 Å². The number of hydrogen-bond donors (Lipinski definition) is 2. The number of benzene rings is 2. The van der Waals surface area contributed by atoms with Gasteiger partial charge < -0.3 is 10.2 Å². The van der Waals surface area contributed by atoms with Gasteiger partial charge in [-0.15, -0.1) is 0 Å². The Morgan fingerprint density at radius 1 is 1.05 bits per heavy atom. The van der Waals surface area contributed by atoms with E-state index < -0.39 is 63.6 Å². The van der Waals surface area contributed by atoms with Crippen molar-refractivity contribution in [3.05, 3.63) is 59.2 Å². The number of nitriles is 1. The SMILES string of the molecule is CC(C)(O)[C@H](F)CCC(=O)CC1CCc2cc(C(O)(C(F)(F)F)C(F)(F)F)ccc2N1S(=O)(=O)c1ccc(C#N)cc1. The molecule has 0 saturated carbocycles. The van der Waals surface area contributed by atoms with Gasteiger partial charge in [0.15, 0.2) is 0 Å². The van der Waals surface area contributed by atoms with Crippen LogP contribution in [0.4, 0.5) is 36.4 Å². The van der Waals surface area contributed by atoms with E-state index >= 15 is 0 Å². The average molecular weight is 625 g/mol.